The van der Waals surface area contributed by atoms with Crippen molar-refractivity contribution in [1.29, 1.82) is 0 Å². The van der Waals surface area contributed by atoms with Crippen molar-refractivity contribution >= 4 is 23.8 Å². The van der Waals surface area contributed by atoms with E-state index in [2.05, 4.69) is 0 Å². The Morgan fingerprint density at radius 2 is 0.791 bits per heavy atom. The standard InChI is InChI=1S/C39H30F3P/c1-25-4-10-28(11-5-25)35-24-36(43(33-20-16-31(40)17-21-33)34-22-18-32(41)19-23-34)37(29-12-6-26(2)7-13-29)38(39(35)42)30-14-8-27(3)9-15-30/h4-24H,1-3H3. The zero-order valence-corrected chi connectivity index (χ0v) is 25.1. The Labute approximate surface area is 252 Å². The molecule has 0 amide bonds. The minimum Gasteiger partial charge on any atom is -0.207 e. The van der Waals surface area contributed by atoms with Crippen LogP contribution in [0.25, 0.3) is 33.4 Å². The molecule has 0 radical (unpaired) electrons. The van der Waals surface area contributed by atoms with Gasteiger partial charge >= 0.3 is 0 Å². The first-order valence-corrected chi connectivity index (χ1v) is 15.5. The molecule has 0 N–H and O–H groups in total. The third kappa shape index (κ3) is 5.91. The first-order chi connectivity index (χ1) is 20.8. The van der Waals surface area contributed by atoms with Gasteiger partial charge in [0.25, 0.3) is 0 Å². The fraction of sp³-hybridized carbons (Fsp3) is 0.0769. The van der Waals surface area contributed by atoms with E-state index in [1.165, 1.54) is 24.3 Å². The summed E-state index contributed by atoms with van der Waals surface area (Å²) in [5, 5.41) is 2.67. The van der Waals surface area contributed by atoms with Crippen molar-refractivity contribution in [2.75, 3.05) is 0 Å². The maximum Gasteiger partial charge on any atom is 0.139 e. The summed E-state index contributed by atoms with van der Waals surface area (Å²) in [5.74, 6) is -0.979. The van der Waals surface area contributed by atoms with Gasteiger partial charge < -0.3 is 0 Å². The lowest BCUT2D eigenvalue weighted by Crippen LogP contribution is -2.24. The molecule has 0 unspecified atom stereocenters. The maximum absolute atomic E-state index is 17.1. The maximum atomic E-state index is 17.1. The lowest BCUT2D eigenvalue weighted by molar-refractivity contribution is 0.628. The highest BCUT2D eigenvalue weighted by Gasteiger charge is 2.28. The average molecular weight is 587 g/mol. The number of benzene rings is 6. The third-order valence-corrected chi connectivity index (χ3v) is 10.2. The molecule has 0 spiro atoms. The first-order valence-electron chi connectivity index (χ1n) is 14.2. The van der Waals surface area contributed by atoms with Crippen LogP contribution in [0.3, 0.4) is 0 Å². The van der Waals surface area contributed by atoms with E-state index in [9.17, 15) is 8.78 Å². The fourth-order valence-corrected chi connectivity index (χ4v) is 7.85. The molecular weight excluding hydrogens is 556 g/mol. The molecule has 0 aliphatic heterocycles. The number of hydrogen-bond acceptors (Lipinski definition) is 0. The van der Waals surface area contributed by atoms with Crippen molar-refractivity contribution < 1.29 is 13.2 Å². The molecule has 0 saturated heterocycles. The molecule has 0 heterocycles. The molecule has 0 saturated carbocycles. The monoisotopic (exact) mass is 586 g/mol. The summed E-state index contributed by atoms with van der Waals surface area (Å²) in [6.07, 6.45) is 0. The zero-order chi connectivity index (χ0) is 30.1. The predicted octanol–water partition coefficient (Wildman–Crippen LogP) is 9.79. The van der Waals surface area contributed by atoms with Gasteiger partial charge in [-0.25, -0.2) is 13.2 Å². The van der Waals surface area contributed by atoms with E-state index in [1.54, 1.807) is 24.3 Å². The molecule has 212 valence electrons. The van der Waals surface area contributed by atoms with E-state index >= 15 is 4.39 Å². The van der Waals surface area contributed by atoms with Crippen molar-refractivity contribution in [3.8, 4) is 33.4 Å². The molecule has 0 aromatic heterocycles. The molecule has 0 atom stereocenters. The molecule has 6 aromatic carbocycles. The van der Waals surface area contributed by atoms with Crippen LogP contribution in [0.5, 0.6) is 0 Å². The predicted molar refractivity (Wildman–Crippen MR) is 176 cm³/mol. The summed E-state index contributed by atoms with van der Waals surface area (Å²) in [4.78, 5) is 0. The second-order valence-corrected chi connectivity index (χ2v) is 13.1. The highest BCUT2D eigenvalue weighted by molar-refractivity contribution is 7.80. The van der Waals surface area contributed by atoms with E-state index in [4.69, 9.17) is 0 Å². The van der Waals surface area contributed by atoms with Gasteiger partial charge in [-0.3, -0.25) is 0 Å². The quantitative estimate of drug-likeness (QED) is 0.171. The van der Waals surface area contributed by atoms with E-state index < -0.39 is 7.92 Å². The highest BCUT2D eigenvalue weighted by Crippen LogP contribution is 2.45. The lowest BCUT2D eigenvalue weighted by atomic mass is 9.89. The van der Waals surface area contributed by atoms with Crippen LogP contribution in [0.15, 0.2) is 127 Å². The first kappa shape index (κ1) is 28.6. The van der Waals surface area contributed by atoms with Gasteiger partial charge in [0, 0.05) is 16.7 Å². The van der Waals surface area contributed by atoms with Crippen molar-refractivity contribution in [1.82, 2.24) is 0 Å². The van der Waals surface area contributed by atoms with E-state index in [0.29, 0.717) is 11.1 Å². The number of halogens is 3. The van der Waals surface area contributed by atoms with Crippen molar-refractivity contribution in [2.45, 2.75) is 20.8 Å². The Kier molecular flexibility index (Phi) is 8.02. The Hall–Kier alpha value is -4.46. The highest BCUT2D eigenvalue weighted by atomic mass is 31.1. The molecule has 4 heteroatoms. The Morgan fingerprint density at radius 3 is 1.21 bits per heavy atom. The van der Waals surface area contributed by atoms with E-state index in [1.807, 2.05) is 99.6 Å². The molecule has 0 bridgehead atoms. The minimum atomic E-state index is -1.36. The second-order valence-electron chi connectivity index (χ2n) is 10.9. The van der Waals surface area contributed by atoms with Crippen molar-refractivity contribution in [3.63, 3.8) is 0 Å². The molecule has 6 aromatic rings. The van der Waals surface area contributed by atoms with Crippen LogP contribution in [0.4, 0.5) is 13.2 Å². The van der Waals surface area contributed by atoms with E-state index in [-0.39, 0.29) is 17.5 Å². The number of hydrogen-bond donors (Lipinski definition) is 0. The largest absolute Gasteiger partial charge is 0.207 e. The van der Waals surface area contributed by atoms with Gasteiger partial charge in [0.2, 0.25) is 0 Å². The zero-order valence-electron chi connectivity index (χ0n) is 24.2. The van der Waals surface area contributed by atoms with Crippen LogP contribution in [0.2, 0.25) is 0 Å². The van der Waals surface area contributed by atoms with Crippen molar-refractivity contribution in [3.05, 3.63) is 162 Å². The second kappa shape index (κ2) is 12.0. The van der Waals surface area contributed by atoms with Crippen LogP contribution in [0, 0.1) is 38.2 Å². The third-order valence-electron chi connectivity index (χ3n) is 7.70. The minimum absolute atomic E-state index is 0.305. The van der Waals surface area contributed by atoms with E-state index in [0.717, 1.165) is 54.9 Å². The summed E-state index contributed by atoms with van der Waals surface area (Å²) in [6, 6.07) is 38.8. The summed E-state index contributed by atoms with van der Waals surface area (Å²) >= 11 is 0. The fourth-order valence-electron chi connectivity index (χ4n) is 5.38. The number of aryl methyl sites for hydroxylation is 3. The van der Waals surface area contributed by atoms with Gasteiger partial charge in [0.05, 0.1) is 0 Å². The average Bonchev–Trinajstić information content (AvgIpc) is 3.01. The van der Waals surface area contributed by atoms with Crippen LogP contribution in [-0.4, -0.2) is 0 Å². The number of rotatable bonds is 6. The molecule has 6 rings (SSSR count). The molecular formula is C39H30F3P. The summed E-state index contributed by atoms with van der Waals surface area (Å²) in [6.45, 7) is 6.04. The van der Waals surface area contributed by atoms with Gasteiger partial charge in [0.15, 0.2) is 0 Å². The van der Waals surface area contributed by atoms with Gasteiger partial charge in [0.1, 0.15) is 17.5 Å². The lowest BCUT2D eigenvalue weighted by Gasteiger charge is -2.27. The molecule has 0 nitrogen and oxygen atoms in total. The topological polar surface area (TPSA) is 0 Å². The Balaban J connectivity index is 1.77. The molecule has 0 aliphatic carbocycles. The summed E-state index contributed by atoms with van der Waals surface area (Å²) in [7, 11) is -1.36. The summed E-state index contributed by atoms with van der Waals surface area (Å²) in [5.41, 5.74) is 7.43. The van der Waals surface area contributed by atoms with Gasteiger partial charge in [-0.15, -0.1) is 0 Å². The SMILES string of the molecule is Cc1ccc(-c2cc(P(c3ccc(F)cc3)c3ccc(F)cc3)c(-c3ccc(C)cc3)c(-c3ccc(C)cc3)c2F)cc1. The molecule has 43 heavy (non-hydrogen) atoms. The van der Waals surface area contributed by atoms with Crippen LogP contribution in [-0.2, 0) is 0 Å². The molecule has 0 aliphatic rings. The Morgan fingerprint density at radius 1 is 0.419 bits per heavy atom. The summed E-state index contributed by atoms with van der Waals surface area (Å²) < 4.78 is 45.5. The molecule has 0 fully saturated rings. The van der Waals surface area contributed by atoms with Gasteiger partial charge in [-0.2, -0.15) is 0 Å². The van der Waals surface area contributed by atoms with Crippen molar-refractivity contribution in [2.24, 2.45) is 0 Å². The normalized spacial score (nSPS) is 11.2. The Bertz CT molecular complexity index is 1830. The van der Waals surface area contributed by atoms with Crippen LogP contribution in [0.1, 0.15) is 16.7 Å². The van der Waals surface area contributed by atoms with Crippen LogP contribution >= 0.6 is 7.92 Å². The van der Waals surface area contributed by atoms with Crippen LogP contribution < -0.4 is 15.9 Å². The van der Waals surface area contributed by atoms with Gasteiger partial charge in [-0.05, 0) is 91.6 Å². The smallest absolute Gasteiger partial charge is 0.139 e. The van der Waals surface area contributed by atoms with Gasteiger partial charge in [-0.1, -0.05) is 114 Å².